The van der Waals surface area contributed by atoms with E-state index in [0.717, 1.165) is 12.3 Å². The van der Waals surface area contributed by atoms with Crippen molar-refractivity contribution in [1.29, 1.82) is 0 Å². The van der Waals surface area contributed by atoms with Crippen molar-refractivity contribution in [3.05, 3.63) is 24.3 Å². The van der Waals surface area contributed by atoms with Crippen LogP contribution in [0.25, 0.3) is 0 Å². The summed E-state index contributed by atoms with van der Waals surface area (Å²) in [6, 6.07) is 0. The van der Waals surface area contributed by atoms with Gasteiger partial charge in [-0.3, -0.25) is 0 Å². The van der Waals surface area contributed by atoms with Gasteiger partial charge >= 0.3 is 5.97 Å². The Kier molecular flexibility index (Phi) is 9.99. The molecule has 114 valence electrons. The van der Waals surface area contributed by atoms with Crippen LogP contribution in [-0.4, -0.2) is 12.6 Å². The summed E-state index contributed by atoms with van der Waals surface area (Å²) in [6.45, 7) is 2.25. The van der Waals surface area contributed by atoms with Gasteiger partial charge in [-0.15, -0.1) is 0 Å². The lowest BCUT2D eigenvalue weighted by Crippen LogP contribution is -2.05. The Morgan fingerprint density at radius 3 is 2.65 bits per heavy atom. The van der Waals surface area contributed by atoms with E-state index in [1.54, 1.807) is 6.08 Å². The van der Waals surface area contributed by atoms with Crippen LogP contribution < -0.4 is 0 Å². The molecule has 0 bridgehead atoms. The van der Waals surface area contributed by atoms with Gasteiger partial charge in [-0.1, -0.05) is 69.6 Å². The summed E-state index contributed by atoms with van der Waals surface area (Å²) < 4.78 is 4.80. The van der Waals surface area contributed by atoms with Crippen molar-refractivity contribution in [2.24, 2.45) is 5.92 Å². The Hall–Kier alpha value is -1.05. The lowest BCUT2D eigenvalue weighted by molar-refractivity contribution is -0.137. The van der Waals surface area contributed by atoms with E-state index in [9.17, 15) is 4.79 Å². The summed E-state index contributed by atoms with van der Waals surface area (Å²) in [5, 5.41) is 0. The van der Waals surface area contributed by atoms with Gasteiger partial charge < -0.3 is 4.74 Å². The van der Waals surface area contributed by atoms with Crippen molar-refractivity contribution in [3.8, 4) is 0 Å². The third-order valence-corrected chi connectivity index (χ3v) is 3.97. The second-order valence-electron chi connectivity index (χ2n) is 5.68. The molecule has 1 rings (SSSR count). The summed E-state index contributed by atoms with van der Waals surface area (Å²) in [6.07, 6.45) is 21.2. The topological polar surface area (TPSA) is 26.3 Å². The molecule has 0 unspecified atom stereocenters. The van der Waals surface area contributed by atoms with E-state index in [1.807, 2.05) is 13.0 Å². The van der Waals surface area contributed by atoms with E-state index in [2.05, 4.69) is 6.08 Å². The molecule has 0 N–H and O–H groups in total. The zero-order valence-corrected chi connectivity index (χ0v) is 13.0. The second kappa shape index (κ2) is 11.7. The van der Waals surface area contributed by atoms with Crippen LogP contribution in [-0.2, 0) is 9.53 Å². The average Bonchev–Trinajstić information content (AvgIpc) is 2.47. The maximum atomic E-state index is 11.0. The molecule has 0 heterocycles. The Morgan fingerprint density at radius 1 is 1.10 bits per heavy atom. The van der Waals surface area contributed by atoms with Crippen LogP contribution in [0.4, 0.5) is 0 Å². The minimum Gasteiger partial charge on any atom is -0.463 e. The predicted molar refractivity (Wildman–Crippen MR) is 84.6 cm³/mol. The zero-order chi connectivity index (χ0) is 14.5. The van der Waals surface area contributed by atoms with Crippen LogP contribution in [0.1, 0.15) is 71.1 Å². The number of carbonyl (C=O) groups excluding carboxylic acids is 1. The number of hydrogen-bond acceptors (Lipinski definition) is 2. The van der Waals surface area contributed by atoms with E-state index in [-0.39, 0.29) is 5.97 Å². The van der Waals surface area contributed by atoms with Crippen LogP contribution in [0.2, 0.25) is 0 Å². The van der Waals surface area contributed by atoms with E-state index in [4.69, 9.17) is 4.74 Å². The highest BCUT2D eigenvalue weighted by molar-refractivity contribution is 5.82. The summed E-state index contributed by atoms with van der Waals surface area (Å²) in [5.41, 5.74) is 0. The molecule has 0 radical (unpaired) electrons. The smallest absolute Gasteiger partial charge is 0.330 e. The summed E-state index contributed by atoms with van der Waals surface area (Å²) in [5.74, 6) is 0.761. The summed E-state index contributed by atoms with van der Waals surface area (Å²) in [7, 11) is 0. The molecule has 1 fully saturated rings. The van der Waals surface area contributed by atoms with Crippen LogP contribution in [0.3, 0.4) is 0 Å². The van der Waals surface area contributed by atoms with Gasteiger partial charge in [0, 0.05) is 6.08 Å². The Balaban J connectivity index is 1.92. The minimum absolute atomic E-state index is 0.260. The first-order chi connectivity index (χ1) is 9.83. The lowest BCUT2D eigenvalue weighted by Gasteiger charge is -2.21. The van der Waals surface area contributed by atoms with Crippen molar-refractivity contribution >= 4 is 5.97 Å². The molecule has 0 aromatic heterocycles. The van der Waals surface area contributed by atoms with Gasteiger partial charge in [0.2, 0.25) is 0 Å². The number of ether oxygens (including phenoxy) is 1. The van der Waals surface area contributed by atoms with Crippen molar-refractivity contribution < 1.29 is 9.53 Å². The molecule has 1 saturated carbocycles. The number of allylic oxidation sites excluding steroid dienone is 3. The fraction of sp³-hybridized carbons (Fsp3) is 0.722. The highest BCUT2D eigenvalue weighted by atomic mass is 16.5. The molecule has 20 heavy (non-hydrogen) atoms. The third kappa shape index (κ3) is 8.95. The quantitative estimate of drug-likeness (QED) is 0.251. The highest BCUT2D eigenvalue weighted by Gasteiger charge is 2.12. The molecular formula is C18H30O2. The number of hydrogen-bond donors (Lipinski definition) is 0. The third-order valence-electron chi connectivity index (χ3n) is 3.97. The first-order valence-corrected chi connectivity index (χ1v) is 8.33. The second-order valence-corrected chi connectivity index (χ2v) is 5.68. The molecule has 0 aliphatic heterocycles. The van der Waals surface area contributed by atoms with Crippen molar-refractivity contribution in [2.45, 2.75) is 71.1 Å². The van der Waals surface area contributed by atoms with Gasteiger partial charge in [0.05, 0.1) is 6.61 Å². The molecule has 0 atom stereocenters. The largest absolute Gasteiger partial charge is 0.463 e. The van der Waals surface area contributed by atoms with Crippen molar-refractivity contribution in [3.63, 3.8) is 0 Å². The Bertz CT molecular complexity index is 299. The molecule has 1 aliphatic carbocycles. The predicted octanol–water partition coefficient (Wildman–Crippen LogP) is 5.19. The van der Waals surface area contributed by atoms with Gasteiger partial charge in [0.15, 0.2) is 0 Å². The first kappa shape index (κ1) is 17.0. The molecule has 1 aliphatic rings. The average molecular weight is 278 g/mol. The molecule has 2 nitrogen and oxygen atoms in total. The van der Waals surface area contributed by atoms with Gasteiger partial charge in [0.1, 0.15) is 0 Å². The number of unbranched alkanes of at least 4 members (excludes halogenated alkanes) is 3. The van der Waals surface area contributed by atoms with E-state index >= 15 is 0 Å². The molecule has 0 saturated heterocycles. The van der Waals surface area contributed by atoms with E-state index in [0.29, 0.717) is 6.61 Å². The van der Waals surface area contributed by atoms with Gasteiger partial charge in [-0.05, 0) is 25.7 Å². The maximum absolute atomic E-state index is 11.0. The molecule has 0 spiro atoms. The minimum atomic E-state index is -0.260. The van der Waals surface area contributed by atoms with Gasteiger partial charge in [-0.2, -0.15) is 0 Å². The van der Waals surface area contributed by atoms with Crippen molar-refractivity contribution in [2.75, 3.05) is 6.61 Å². The molecule has 0 amide bonds. The van der Waals surface area contributed by atoms with Crippen LogP contribution in [0.15, 0.2) is 24.3 Å². The molecule has 0 aromatic carbocycles. The number of carbonyl (C=O) groups is 1. The van der Waals surface area contributed by atoms with E-state index in [1.165, 1.54) is 63.9 Å². The SMILES string of the molecule is CCOC(=O)/C=C/C=C/CCCCCC1CCCCC1. The van der Waals surface area contributed by atoms with Crippen LogP contribution >= 0.6 is 0 Å². The highest BCUT2D eigenvalue weighted by Crippen LogP contribution is 2.27. The number of rotatable bonds is 9. The fourth-order valence-corrected chi connectivity index (χ4v) is 2.85. The Morgan fingerprint density at radius 2 is 1.90 bits per heavy atom. The fourth-order valence-electron chi connectivity index (χ4n) is 2.85. The monoisotopic (exact) mass is 278 g/mol. The maximum Gasteiger partial charge on any atom is 0.330 e. The summed E-state index contributed by atoms with van der Waals surface area (Å²) >= 11 is 0. The summed E-state index contributed by atoms with van der Waals surface area (Å²) in [4.78, 5) is 11.0. The number of esters is 1. The van der Waals surface area contributed by atoms with Crippen LogP contribution in [0, 0.1) is 5.92 Å². The zero-order valence-electron chi connectivity index (χ0n) is 13.0. The molecule has 0 aromatic rings. The first-order valence-electron chi connectivity index (χ1n) is 8.33. The van der Waals surface area contributed by atoms with E-state index < -0.39 is 0 Å². The lowest BCUT2D eigenvalue weighted by atomic mass is 9.85. The molecule has 2 heteroatoms. The Labute approximate surface area is 124 Å². The van der Waals surface area contributed by atoms with Gasteiger partial charge in [0.25, 0.3) is 0 Å². The standard InChI is InChI=1S/C18H30O2/c1-2-20-18(19)16-12-7-5-3-4-6-9-13-17-14-10-8-11-15-17/h5,7,12,16-17H,2-4,6,8-11,13-15H2,1H3/b7-5+,16-12+. The van der Waals surface area contributed by atoms with Crippen LogP contribution in [0.5, 0.6) is 0 Å². The van der Waals surface area contributed by atoms with Gasteiger partial charge in [-0.25, -0.2) is 4.79 Å². The normalized spacial score (nSPS) is 17.1. The molecular weight excluding hydrogens is 248 g/mol. The van der Waals surface area contributed by atoms with Crippen molar-refractivity contribution in [1.82, 2.24) is 0 Å².